The smallest absolute Gasteiger partial charge is 0.0645 e. The Morgan fingerprint density at radius 3 is 1.82 bits per heavy atom. The maximum absolute atomic E-state index is 9.86. The zero-order valence-electron chi connectivity index (χ0n) is 43.1. The third-order valence-electron chi connectivity index (χ3n) is 8.81. The Morgan fingerprint density at radius 1 is 0.340 bits per heavy atom. The number of benzene rings is 8. The summed E-state index contributed by atoms with van der Waals surface area (Å²) in [7, 11) is 0. The highest BCUT2D eigenvalue weighted by Crippen LogP contribution is 2.40. The molecule has 2 heteroatoms. The first-order chi connectivity index (χ1) is 31.8. The van der Waals surface area contributed by atoms with Gasteiger partial charge in [0.2, 0.25) is 0 Å². The number of nitrogens with zero attached hydrogens (tertiary/aromatic N) is 2. The first-order valence-electron chi connectivity index (χ1n) is 24.3. The molecule has 10 rings (SSSR count). The van der Waals surface area contributed by atoms with Crippen LogP contribution in [0.2, 0.25) is 0 Å². The first-order valence-corrected chi connectivity index (χ1v) is 15.8. The normalized spacial score (nSPS) is 16.4. The highest BCUT2D eigenvalue weighted by molar-refractivity contribution is 6.13. The van der Waals surface area contributed by atoms with Gasteiger partial charge in [-0.3, -0.25) is 0 Å². The van der Waals surface area contributed by atoms with Crippen molar-refractivity contribution in [2.75, 3.05) is 0 Å². The first kappa shape index (κ1) is 16.2. The molecule has 10 aromatic rings. The highest BCUT2D eigenvalue weighted by atomic mass is 15.0. The molecular formula is C48H32N2. The third kappa shape index (κ3) is 4.50. The second-order valence-electron chi connectivity index (χ2n) is 11.6. The van der Waals surface area contributed by atoms with E-state index in [2.05, 4.69) is 0 Å². The summed E-state index contributed by atoms with van der Waals surface area (Å²) in [5.74, 6) is 0. The SMILES string of the molecule is [2H]c1ccc(-c2ccc(-n3c4c([2H])c([2H])c([2H])c([2H])c4c4c([2H])c(-c5c([2H])c([2H])c6c(c5[2H])c5c([2H])c([2H])c([2H])cc5n6-c5ccc([2H])cc5-c5ccccc5)c([2H])c([2H])c43)cc2[2H])c([2H])c1. The van der Waals surface area contributed by atoms with Crippen LogP contribution in [-0.2, 0) is 0 Å². The molecule has 0 N–H and O–H groups in total. The van der Waals surface area contributed by atoms with Crippen molar-refractivity contribution in [3.8, 4) is 44.8 Å². The fourth-order valence-electron chi connectivity index (χ4n) is 6.55. The van der Waals surface area contributed by atoms with E-state index in [4.69, 9.17) is 15.1 Å². The Bertz CT molecular complexity index is 3840. The summed E-state index contributed by atoms with van der Waals surface area (Å²) in [6, 6.07) is 16.8. The van der Waals surface area contributed by atoms with E-state index in [1.54, 1.807) is 24.3 Å². The lowest BCUT2D eigenvalue weighted by Crippen LogP contribution is -1.97. The molecule has 0 atom stereocenters. The zero-order valence-corrected chi connectivity index (χ0v) is 26.1. The van der Waals surface area contributed by atoms with Crippen LogP contribution >= 0.6 is 0 Å². The quantitative estimate of drug-likeness (QED) is 0.175. The van der Waals surface area contributed by atoms with Crippen LogP contribution in [-0.4, -0.2) is 9.13 Å². The van der Waals surface area contributed by atoms with Crippen LogP contribution in [0, 0.1) is 0 Å². The van der Waals surface area contributed by atoms with Crippen molar-refractivity contribution in [2.45, 2.75) is 0 Å². The molecule has 2 heterocycles. The van der Waals surface area contributed by atoms with Crippen molar-refractivity contribution in [2.24, 2.45) is 0 Å². The maximum atomic E-state index is 9.86. The van der Waals surface area contributed by atoms with Gasteiger partial charge in [-0.1, -0.05) is 139 Å². The van der Waals surface area contributed by atoms with E-state index < -0.39 is 83.6 Å². The largest absolute Gasteiger partial charge is 0.309 e. The van der Waals surface area contributed by atoms with Gasteiger partial charge in [0.1, 0.15) is 0 Å². The molecule has 0 fully saturated rings. The number of hydrogen-bond donors (Lipinski definition) is 0. The molecule has 0 unspecified atom stereocenters. The number of para-hydroxylation sites is 3. The standard InChI is InChI=1S/C48H32N2/c1-3-13-33(14-4-1)34-23-27-38(28-24-34)49-45-21-11-8-18-40(45)42-31-36(25-29-47(42)49)37-26-30-48-43(32-37)41-19-9-12-22-46(41)50(48)44-20-10-7-17-39(44)35-15-5-2-6-16-35/h1-32H/i1D,7D,8D,9D,11D,12D,13D,18D,19D,21D,23D,25D,26D,29D,30D,31D,32D. The van der Waals surface area contributed by atoms with Crippen molar-refractivity contribution >= 4 is 43.6 Å². The van der Waals surface area contributed by atoms with Gasteiger partial charge in [-0.25, -0.2) is 0 Å². The lowest BCUT2D eigenvalue weighted by Gasteiger charge is -2.14. The number of fused-ring (bicyclic) bond motifs is 6. The lowest BCUT2D eigenvalue weighted by atomic mass is 10.0. The average Bonchev–Trinajstić information content (AvgIpc) is 3.84. The minimum Gasteiger partial charge on any atom is -0.309 e. The molecular weight excluding hydrogens is 605 g/mol. The maximum Gasteiger partial charge on any atom is 0.0645 e. The van der Waals surface area contributed by atoms with E-state index >= 15 is 0 Å². The Labute approximate surface area is 314 Å². The summed E-state index contributed by atoms with van der Waals surface area (Å²) < 4.78 is 157. The van der Waals surface area contributed by atoms with Gasteiger partial charge >= 0.3 is 0 Å². The molecule has 50 heavy (non-hydrogen) atoms. The predicted molar refractivity (Wildman–Crippen MR) is 211 cm³/mol. The Morgan fingerprint density at radius 2 is 1.02 bits per heavy atom. The molecule has 0 aliphatic rings. The molecule has 0 radical (unpaired) electrons. The average molecular weight is 654 g/mol. The fourth-order valence-corrected chi connectivity index (χ4v) is 6.55. The highest BCUT2D eigenvalue weighted by Gasteiger charge is 2.17. The number of aromatic nitrogens is 2. The third-order valence-corrected chi connectivity index (χ3v) is 8.81. The molecule has 2 aromatic heterocycles. The molecule has 0 aliphatic heterocycles. The zero-order chi connectivity index (χ0) is 47.8. The molecule has 234 valence electrons. The Kier molecular flexibility index (Phi) is 3.72. The topological polar surface area (TPSA) is 9.86 Å². The monoisotopic (exact) mass is 653 g/mol. The van der Waals surface area contributed by atoms with E-state index in [0.717, 1.165) is 0 Å². The summed E-state index contributed by atoms with van der Waals surface area (Å²) in [6.45, 7) is 0. The van der Waals surface area contributed by atoms with Crippen LogP contribution in [0.5, 0.6) is 0 Å². The summed E-state index contributed by atoms with van der Waals surface area (Å²) in [6.07, 6.45) is 0. The Balaban J connectivity index is 1.33. The lowest BCUT2D eigenvalue weighted by molar-refractivity contribution is 1.18. The molecule has 0 amide bonds. The summed E-state index contributed by atoms with van der Waals surface area (Å²) in [5.41, 5.74) is 1.19. The Hall–Kier alpha value is -6.64. The van der Waals surface area contributed by atoms with Gasteiger partial charge < -0.3 is 9.13 Å². The van der Waals surface area contributed by atoms with Gasteiger partial charge in [-0.15, -0.1) is 0 Å². The van der Waals surface area contributed by atoms with Crippen molar-refractivity contribution in [3.63, 3.8) is 0 Å². The van der Waals surface area contributed by atoms with Gasteiger partial charge in [0, 0.05) is 32.8 Å². The second-order valence-corrected chi connectivity index (χ2v) is 11.6. The second kappa shape index (κ2) is 11.5. The van der Waals surface area contributed by atoms with Crippen LogP contribution in [0.1, 0.15) is 23.3 Å². The molecule has 0 spiro atoms. The van der Waals surface area contributed by atoms with Crippen LogP contribution < -0.4 is 0 Å². The van der Waals surface area contributed by atoms with E-state index in [0.29, 0.717) is 27.9 Å². The number of hydrogen-bond acceptors (Lipinski definition) is 0. The summed E-state index contributed by atoms with van der Waals surface area (Å²) >= 11 is 0. The fraction of sp³-hybridized carbons (Fsp3) is 0. The number of rotatable bonds is 5. The minimum absolute atomic E-state index is 0.000488. The van der Waals surface area contributed by atoms with Crippen molar-refractivity contribution < 1.29 is 23.3 Å². The molecule has 0 saturated carbocycles. The van der Waals surface area contributed by atoms with E-state index in [9.17, 15) is 8.22 Å². The molecule has 8 aromatic carbocycles. The molecule has 0 bridgehead atoms. The van der Waals surface area contributed by atoms with Gasteiger partial charge in [0.05, 0.1) is 51.1 Å². The van der Waals surface area contributed by atoms with E-state index in [1.165, 1.54) is 57.7 Å². The molecule has 0 saturated heterocycles. The summed E-state index contributed by atoms with van der Waals surface area (Å²) in [4.78, 5) is 0. The predicted octanol–water partition coefficient (Wildman–Crippen LogP) is 12.9. The molecule has 2 nitrogen and oxygen atoms in total. The van der Waals surface area contributed by atoms with Crippen LogP contribution in [0.15, 0.2) is 194 Å². The van der Waals surface area contributed by atoms with Crippen molar-refractivity contribution in [3.05, 3.63) is 194 Å². The molecule has 0 aliphatic carbocycles. The van der Waals surface area contributed by atoms with Crippen LogP contribution in [0.4, 0.5) is 0 Å². The van der Waals surface area contributed by atoms with Gasteiger partial charge in [0.25, 0.3) is 0 Å². The van der Waals surface area contributed by atoms with Crippen LogP contribution in [0.25, 0.3) is 88.4 Å². The van der Waals surface area contributed by atoms with Gasteiger partial charge in [-0.05, 0) is 82.3 Å². The van der Waals surface area contributed by atoms with Crippen molar-refractivity contribution in [1.29, 1.82) is 0 Å². The van der Waals surface area contributed by atoms with Crippen molar-refractivity contribution in [1.82, 2.24) is 9.13 Å². The van der Waals surface area contributed by atoms with Crippen LogP contribution in [0.3, 0.4) is 0 Å². The minimum atomic E-state index is -0.684. The van der Waals surface area contributed by atoms with Gasteiger partial charge in [0.15, 0.2) is 0 Å². The van der Waals surface area contributed by atoms with E-state index in [-0.39, 0.29) is 79.5 Å². The summed E-state index contributed by atoms with van der Waals surface area (Å²) in [5, 5.41) is -0.565. The van der Waals surface area contributed by atoms with E-state index in [1.807, 2.05) is 18.2 Å². The van der Waals surface area contributed by atoms with Gasteiger partial charge in [-0.2, -0.15) is 0 Å².